The highest BCUT2D eigenvalue weighted by Crippen LogP contribution is 2.37. The molecule has 0 amide bonds. The number of benzene rings is 3. The molecule has 0 spiro atoms. The lowest BCUT2D eigenvalue weighted by molar-refractivity contribution is 0.518. The van der Waals surface area contributed by atoms with Crippen LogP contribution >= 0.6 is 11.6 Å². The molecule has 5 nitrogen and oxygen atoms in total. The van der Waals surface area contributed by atoms with Gasteiger partial charge in [-0.15, -0.1) is 0 Å². The van der Waals surface area contributed by atoms with Crippen molar-refractivity contribution in [3.05, 3.63) is 95.3 Å². The van der Waals surface area contributed by atoms with E-state index in [1.165, 1.54) is 6.07 Å². The van der Waals surface area contributed by atoms with Crippen LogP contribution in [-0.2, 0) is 16.4 Å². The van der Waals surface area contributed by atoms with Crippen LogP contribution in [0, 0.1) is 0 Å². The minimum Gasteiger partial charge on any atom is -0.440 e. The van der Waals surface area contributed by atoms with Crippen LogP contribution in [0.5, 0.6) is 0 Å². The van der Waals surface area contributed by atoms with Gasteiger partial charge in [0.15, 0.2) is 11.7 Å². The fourth-order valence-electron chi connectivity index (χ4n) is 3.13. The summed E-state index contributed by atoms with van der Waals surface area (Å²) in [5, 5.41) is 5.97. The average molecular weight is 425 g/mol. The molecule has 0 aliphatic rings. The number of aromatic nitrogens is 1. The summed E-state index contributed by atoms with van der Waals surface area (Å²) in [6.07, 6.45) is 0.464. The van der Waals surface area contributed by atoms with Crippen LogP contribution in [0.25, 0.3) is 22.6 Å². The first-order valence-corrected chi connectivity index (χ1v) is 10.8. The summed E-state index contributed by atoms with van der Waals surface area (Å²) in [7, 11) is -3.95. The molecular formula is C22H17ClN2O3S. The Morgan fingerprint density at radius 3 is 2.38 bits per heavy atom. The Hall–Kier alpha value is -2.93. The summed E-state index contributed by atoms with van der Waals surface area (Å²) in [5.41, 5.74) is 2.61. The average Bonchev–Trinajstić information content (AvgIpc) is 3.12. The quantitative estimate of drug-likeness (QED) is 0.493. The summed E-state index contributed by atoms with van der Waals surface area (Å²) in [6.45, 7) is 0. The van der Waals surface area contributed by atoms with Gasteiger partial charge in [0.05, 0.1) is 4.90 Å². The molecular weight excluding hydrogens is 408 g/mol. The predicted octanol–water partition coefficient (Wildman–Crippen LogP) is 4.90. The van der Waals surface area contributed by atoms with E-state index in [1.54, 1.807) is 36.4 Å². The Bertz CT molecular complexity index is 1270. The minimum atomic E-state index is -3.95. The smallest absolute Gasteiger partial charge is 0.238 e. The van der Waals surface area contributed by atoms with Gasteiger partial charge in [0.25, 0.3) is 0 Å². The lowest BCUT2D eigenvalue weighted by Gasteiger charge is -2.07. The van der Waals surface area contributed by atoms with Gasteiger partial charge in [0.1, 0.15) is 5.69 Å². The Kier molecular flexibility index (Phi) is 5.24. The van der Waals surface area contributed by atoms with E-state index in [-0.39, 0.29) is 4.90 Å². The van der Waals surface area contributed by atoms with Crippen molar-refractivity contribution in [2.45, 2.75) is 11.3 Å². The van der Waals surface area contributed by atoms with E-state index < -0.39 is 10.0 Å². The highest BCUT2D eigenvalue weighted by atomic mass is 35.5. The summed E-state index contributed by atoms with van der Waals surface area (Å²) >= 11 is 6.16. The fraction of sp³-hybridized carbons (Fsp3) is 0.0455. The van der Waals surface area contributed by atoms with Crippen molar-refractivity contribution in [1.82, 2.24) is 4.98 Å². The van der Waals surface area contributed by atoms with E-state index in [0.717, 1.165) is 11.1 Å². The lowest BCUT2D eigenvalue weighted by atomic mass is 10.1. The van der Waals surface area contributed by atoms with Crippen molar-refractivity contribution in [1.29, 1.82) is 0 Å². The Morgan fingerprint density at radius 2 is 1.66 bits per heavy atom. The van der Waals surface area contributed by atoms with Crippen LogP contribution in [0.3, 0.4) is 0 Å². The summed E-state index contributed by atoms with van der Waals surface area (Å²) in [4.78, 5) is 4.63. The molecule has 0 fully saturated rings. The number of primary sulfonamides is 1. The van der Waals surface area contributed by atoms with Gasteiger partial charge < -0.3 is 4.42 Å². The number of halogens is 1. The zero-order chi connectivity index (χ0) is 20.4. The number of hydrogen-bond donors (Lipinski definition) is 1. The predicted molar refractivity (Wildman–Crippen MR) is 113 cm³/mol. The molecule has 0 aliphatic heterocycles. The van der Waals surface area contributed by atoms with E-state index >= 15 is 0 Å². The molecule has 0 atom stereocenters. The molecule has 4 aromatic rings. The molecule has 0 saturated carbocycles. The molecule has 0 unspecified atom stereocenters. The highest BCUT2D eigenvalue weighted by molar-refractivity contribution is 7.89. The van der Waals surface area contributed by atoms with E-state index in [9.17, 15) is 8.42 Å². The van der Waals surface area contributed by atoms with Crippen molar-refractivity contribution >= 4 is 21.6 Å². The van der Waals surface area contributed by atoms with Gasteiger partial charge in [-0.05, 0) is 29.8 Å². The number of nitrogens with zero attached hydrogens (tertiary/aromatic N) is 1. The van der Waals surface area contributed by atoms with E-state index in [1.807, 2.05) is 36.4 Å². The van der Waals surface area contributed by atoms with Crippen LogP contribution < -0.4 is 5.14 Å². The van der Waals surface area contributed by atoms with E-state index in [4.69, 9.17) is 21.2 Å². The zero-order valence-electron chi connectivity index (χ0n) is 15.2. The Balaban J connectivity index is 1.91. The second-order valence-corrected chi connectivity index (χ2v) is 8.47. The maximum atomic E-state index is 12.1. The molecule has 146 valence electrons. The largest absolute Gasteiger partial charge is 0.440 e. The lowest BCUT2D eigenvalue weighted by Crippen LogP contribution is -2.13. The molecule has 29 heavy (non-hydrogen) atoms. The zero-order valence-corrected chi connectivity index (χ0v) is 16.8. The molecule has 1 heterocycles. The SMILES string of the molecule is NS(=O)(=O)c1ccccc1-c1oc(Cc2ccccc2)nc1-c1cccc(Cl)c1. The molecule has 2 N–H and O–H groups in total. The molecule has 1 aromatic heterocycles. The van der Waals surface area contributed by atoms with Crippen molar-refractivity contribution in [3.8, 4) is 22.6 Å². The van der Waals surface area contributed by atoms with Crippen LogP contribution in [0.4, 0.5) is 0 Å². The number of sulfonamides is 1. The van der Waals surface area contributed by atoms with Crippen molar-refractivity contribution in [3.63, 3.8) is 0 Å². The van der Waals surface area contributed by atoms with E-state index in [0.29, 0.717) is 34.4 Å². The highest BCUT2D eigenvalue weighted by Gasteiger charge is 2.23. The first-order valence-electron chi connectivity index (χ1n) is 8.83. The van der Waals surface area contributed by atoms with E-state index in [2.05, 4.69) is 4.98 Å². The second-order valence-electron chi connectivity index (χ2n) is 6.50. The van der Waals surface area contributed by atoms with Crippen LogP contribution in [0.2, 0.25) is 5.02 Å². The first kappa shape index (κ1) is 19.4. The molecule has 0 aliphatic carbocycles. The molecule has 4 rings (SSSR count). The van der Waals surface area contributed by atoms with Gasteiger partial charge in [0, 0.05) is 22.6 Å². The molecule has 7 heteroatoms. The third-order valence-electron chi connectivity index (χ3n) is 4.41. The van der Waals surface area contributed by atoms with Crippen molar-refractivity contribution < 1.29 is 12.8 Å². The van der Waals surface area contributed by atoms with Gasteiger partial charge in [0.2, 0.25) is 10.0 Å². The monoisotopic (exact) mass is 424 g/mol. The maximum absolute atomic E-state index is 12.1. The van der Waals surface area contributed by atoms with Gasteiger partial charge in [-0.3, -0.25) is 0 Å². The van der Waals surface area contributed by atoms with Crippen molar-refractivity contribution in [2.24, 2.45) is 5.14 Å². The Labute approximate surface area is 173 Å². The summed E-state index contributed by atoms with van der Waals surface area (Å²) in [5.74, 6) is 0.799. The molecule has 3 aromatic carbocycles. The topological polar surface area (TPSA) is 86.2 Å². The number of oxazole rings is 1. The summed E-state index contributed by atoms with van der Waals surface area (Å²) < 4.78 is 30.3. The standard InChI is InChI=1S/C22H17ClN2O3S/c23-17-10-6-9-16(14-17)21-22(18-11-4-5-12-19(18)29(24,26)27)28-20(25-21)13-15-7-2-1-3-8-15/h1-12,14H,13H2,(H2,24,26,27). The maximum Gasteiger partial charge on any atom is 0.238 e. The third kappa shape index (κ3) is 4.24. The third-order valence-corrected chi connectivity index (χ3v) is 5.61. The van der Waals surface area contributed by atoms with Crippen LogP contribution in [0.15, 0.2) is 88.2 Å². The molecule has 0 saturated heterocycles. The number of hydrogen-bond acceptors (Lipinski definition) is 4. The fourth-order valence-corrected chi connectivity index (χ4v) is 4.05. The molecule has 0 radical (unpaired) electrons. The van der Waals surface area contributed by atoms with Gasteiger partial charge in [-0.25, -0.2) is 18.5 Å². The summed E-state index contributed by atoms with van der Waals surface area (Å²) in [6, 6.07) is 23.4. The second kappa shape index (κ2) is 7.83. The number of rotatable bonds is 5. The number of nitrogens with two attached hydrogens (primary N) is 1. The first-order chi connectivity index (χ1) is 13.9. The van der Waals surface area contributed by atoms with Crippen LogP contribution in [-0.4, -0.2) is 13.4 Å². The van der Waals surface area contributed by atoms with Crippen LogP contribution in [0.1, 0.15) is 11.5 Å². The normalized spacial score (nSPS) is 11.5. The Morgan fingerprint density at radius 1 is 0.931 bits per heavy atom. The molecule has 0 bridgehead atoms. The van der Waals surface area contributed by atoms with Gasteiger partial charge >= 0.3 is 0 Å². The van der Waals surface area contributed by atoms with Gasteiger partial charge in [-0.1, -0.05) is 66.2 Å². The minimum absolute atomic E-state index is 0.0225. The van der Waals surface area contributed by atoms with Crippen molar-refractivity contribution in [2.75, 3.05) is 0 Å². The van der Waals surface area contributed by atoms with Gasteiger partial charge in [-0.2, -0.15) is 0 Å².